The van der Waals surface area contributed by atoms with Gasteiger partial charge in [0.25, 0.3) is 0 Å². The Kier molecular flexibility index (Phi) is 2.91. The summed E-state index contributed by atoms with van der Waals surface area (Å²) in [5.74, 6) is 0.639. The van der Waals surface area contributed by atoms with Gasteiger partial charge < -0.3 is 5.32 Å². The van der Waals surface area contributed by atoms with Crippen molar-refractivity contribution in [3.8, 4) is 0 Å². The van der Waals surface area contributed by atoms with Crippen molar-refractivity contribution in [2.24, 2.45) is 0 Å². The largest absolute Gasteiger partial charge is 0.387 e. The summed E-state index contributed by atoms with van der Waals surface area (Å²) in [6, 6.07) is 6.12. The van der Waals surface area contributed by atoms with Crippen molar-refractivity contribution in [1.29, 1.82) is 0 Å². The fourth-order valence-electron chi connectivity index (χ4n) is 2.07. The number of hydrogen-bond acceptors (Lipinski definition) is 2. The molecule has 0 amide bonds. The molecule has 1 aliphatic carbocycles. The number of anilines is 1. The topological polar surface area (TPSA) is 24.9 Å². The lowest BCUT2D eigenvalue weighted by molar-refractivity contribution is 1.04. The van der Waals surface area contributed by atoms with Crippen LogP contribution in [0.3, 0.4) is 0 Å². The summed E-state index contributed by atoms with van der Waals surface area (Å²) in [6.07, 6.45) is 2.51. The molecule has 1 fully saturated rings. The highest BCUT2D eigenvalue weighted by molar-refractivity contribution is 14.1. The van der Waals surface area contributed by atoms with Gasteiger partial charge in [0.2, 0.25) is 0 Å². The van der Waals surface area contributed by atoms with Crippen LogP contribution in [0.15, 0.2) is 18.2 Å². The summed E-state index contributed by atoms with van der Waals surface area (Å²) in [4.78, 5) is 4.73. The van der Waals surface area contributed by atoms with Crippen molar-refractivity contribution in [2.45, 2.75) is 18.8 Å². The summed E-state index contributed by atoms with van der Waals surface area (Å²) in [5, 5.41) is 5.12. The van der Waals surface area contributed by atoms with Gasteiger partial charge in [-0.15, -0.1) is 0 Å². The van der Waals surface area contributed by atoms with E-state index >= 15 is 0 Å². The number of hydrogen-bond donors (Lipinski definition) is 1. The molecule has 0 spiro atoms. The standard InChI is InChI=1S/C13H12ClIN2/c1-16-11-6-10(7-2-3-7)17-13-8(14)4-5-9(15)12(11)13/h4-7H,2-3H2,1H3,(H,16,17). The second-order valence-corrected chi connectivity index (χ2v) is 5.94. The van der Waals surface area contributed by atoms with Gasteiger partial charge in [-0.1, -0.05) is 11.6 Å². The number of aromatic nitrogens is 1. The second-order valence-electron chi connectivity index (χ2n) is 4.37. The van der Waals surface area contributed by atoms with E-state index in [0.717, 1.165) is 21.6 Å². The quantitative estimate of drug-likeness (QED) is 0.804. The van der Waals surface area contributed by atoms with E-state index in [0.29, 0.717) is 5.92 Å². The van der Waals surface area contributed by atoms with E-state index in [4.69, 9.17) is 16.6 Å². The smallest absolute Gasteiger partial charge is 0.0923 e. The van der Waals surface area contributed by atoms with Crippen molar-refractivity contribution >= 4 is 50.8 Å². The fourth-order valence-corrected chi connectivity index (χ4v) is 3.00. The Hall–Kier alpha value is -0.550. The number of pyridine rings is 1. The van der Waals surface area contributed by atoms with Gasteiger partial charge in [0, 0.05) is 33.3 Å². The van der Waals surface area contributed by atoms with Crippen LogP contribution in [0.2, 0.25) is 5.02 Å². The highest BCUT2D eigenvalue weighted by Crippen LogP contribution is 2.42. The molecule has 88 valence electrons. The van der Waals surface area contributed by atoms with E-state index in [1.807, 2.05) is 19.2 Å². The van der Waals surface area contributed by atoms with Crippen LogP contribution in [-0.2, 0) is 0 Å². The molecular formula is C13H12ClIN2. The highest BCUT2D eigenvalue weighted by Gasteiger charge is 2.26. The van der Waals surface area contributed by atoms with Crippen molar-refractivity contribution in [2.75, 3.05) is 12.4 Å². The fraction of sp³-hybridized carbons (Fsp3) is 0.308. The zero-order valence-electron chi connectivity index (χ0n) is 9.43. The molecule has 0 saturated heterocycles. The summed E-state index contributed by atoms with van der Waals surface area (Å²) in [5.41, 5.74) is 3.22. The first kappa shape index (κ1) is 11.5. The third-order valence-corrected chi connectivity index (χ3v) is 4.35. The molecular weight excluding hydrogens is 347 g/mol. The van der Waals surface area contributed by atoms with Crippen LogP contribution in [0.25, 0.3) is 10.9 Å². The van der Waals surface area contributed by atoms with Crippen molar-refractivity contribution in [3.05, 3.63) is 32.5 Å². The molecule has 1 aromatic heterocycles. The maximum Gasteiger partial charge on any atom is 0.0923 e. The minimum Gasteiger partial charge on any atom is -0.387 e. The van der Waals surface area contributed by atoms with Gasteiger partial charge in [-0.3, -0.25) is 4.98 Å². The Morgan fingerprint density at radius 2 is 2.18 bits per heavy atom. The van der Waals surface area contributed by atoms with Crippen molar-refractivity contribution in [3.63, 3.8) is 0 Å². The normalized spacial score (nSPS) is 15.2. The molecule has 3 rings (SSSR count). The van der Waals surface area contributed by atoms with Crippen LogP contribution in [0.1, 0.15) is 24.5 Å². The number of nitrogens with zero attached hydrogens (tertiary/aromatic N) is 1. The van der Waals surface area contributed by atoms with Gasteiger partial charge >= 0.3 is 0 Å². The maximum absolute atomic E-state index is 6.26. The molecule has 1 aromatic carbocycles. The molecule has 1 N–H and O–H groups in total. The molecule has 0 unspecified atom stereocenters. The van der Waals surface area contributed by atoms with Gasteiger partial charge in [-0.25, -0.2) is 0 Å². The van der Waals surface area contributed by atoms with Gasteiger partial charge in [0.15, 0.2) is 0 Å². The van der Waals surface area contributed by atoms with E-state index in [-0.39, 0.29) is 0 Å². The Balaban J connectivity index is 2.35. The van der Waals surface area contributed by atoms with Crippen LogP contribution in [0.4, 0.5) is 5.69 Å². The first-order valence-corrected chi connectivity index (χ1v) is 7.13. The lowest BCUT2D eigenvalue weighted by atomic mass is 10.1. The van der Waals surface area contributed by atoms with Gasteiger partial charge in [0.1, 0.15) is 0 Å². The summed E-state index contributed by atoms with van der Waals surface area (Å²) >= 11 is 8.59. The minimum absolute atomic E-state index is 0.639. The number of nitrogens with one attached hydrogen (secondary N) is 1. The molecule has 0 atom stereocenters. The monoisotopic (exact) mass is 358 g/mol. The Labute approximate surface area is 119 Å². The summed E-state index contributed by atoms with van der Waals surface area (Å²) in [6.45, 7) is 0. The molecule has 4 heteroatoms. The predicted molar refractivity (Wildman–Crippen MR) is 81.0 cm³/mol. The summed E-state index contributed by atoms with van der Waals surface area (Å²) < 4.78 is 1.18. The van der Waals surface area contributed by atoms with Gasteiger partial charge in [-0.05, 0) is 53.6 Å². The molecule has 1 aliphatic rings. The molecule has 1 heterocycles. The number of fused-ring (bicyclic) bond motifs is 1. The minimum atomic E-state index is 0.639. The third-order valence-electron chi connectivity index (χ3n) is 3.15. The van der Waals surface area contributed by atoms with E-state index in [1.54, 1.807) is 0 Å². The van der Waals surface area contributed by atoms with E-state index in [1.165, 1.54) is 22.1 Å². The average Bonchev–Trinajstić information content (AvgIpc) is 3.16. The number of rotatable bonds is 2. The zero-order valence-corrected chi connectivity index (χ0v) is 12.3. The molecule has 0 aliphatic heterocycles. The molecule has 1 saturated carbocycles. The number of halogens is 2. The average molecular weight is 359 g/mol. The predicted octanol–water partition coefficient (Wildman–Crippen LogP) is 4.41. The maximum atomic E-state index is 6.26. The lowest BCUT2D eigenvalue weighted by Gasteiger charge is -2.11. The molecule has 2 aromatic rings. The van der Waals surface area contributed by atoms with Crippen LogP contribution < -0.4 is 5.32 Å². The van der Waals surface area contributed by atoms with E-state index in [9.17, 15) is 0 Å². The first-order valence-electron chi connectivity index (χ1n) is 5.67. The molecule has 0 radical (unpaired) electrons. The molecule has 2 nitrogen and oxygen atoms in total. The SMILES string of the molecule is CNc1cc(C2CC2)nc2c(Cl)ccc(I)c12. The van der Waals surface area contributed by atoms with Crippen LogP contribution in [-0.4, -0.2) is 12.0 Å². The van der Waals surface area contributed by atoms with Crippen LogP contribution in [0, 0.1) is 3.57 Å². The zero-order chi connectivity index (χ0) is 12.0. The van der Waals surface area contributed by atoms with Gasteiger partial charge in [-0.2, -0.15) is 0 Å². The van der Waals surface area contributed by atoms with E-state index < -0.39 is 0 Å². The highest BCUT2D eigenvalue weighted by atomic mass is 127. The molecule has 17 heavy (non-hydrogen) atoms. The summed E-state index contributed by atoms with van der Waals surface area (Å²) in [7, 11) is 1.95. The first-order chi connectivity index (χ1) is 8.20. The Morgan fingerprint density at radius 1 is 1.41 bits per heavy atom. The van der Waals surface area contributed by atoms with Crippen LogP contribution >= 0.6 is 34.2 Å². The van der Waals surface area contributed by atoms with Crippen molar-refractivity contribution < 1.29 is 0 Å². The van der Waals surface area contributed by atoms with Crippen molar-refractivity contribution in [1.82, 2.24) is 4.98 Å². The molecule has 0 bridgehead atoms. The lowest BCUT2D eigenvalue weighted by Crippen LogP contribution is -1.97. The van der Waals surface area contributed by atoms with E-state index in [2.05, 4.69) is 34.0 Å². The number of benzene rings is 1. The Bertz CT molecular complexity index is 593. The Morgan fingerprint density at radius 3 is 2.82 bits per heavy atom. The second kappa shape index (κ2) is 4.28. The third kappa shape index (κ3) is 1.99. The van der Waals surface area contributed by atoms with Crippen LogP contribution in [0.5, 0.6) is 0 Å². The van der Waals surface area contributed by atoms with Gasteiger partial charge in [0.05, 0.1) is 10.5 Å².